The van der Waals surface area contributed by atoms with Crippen molar-refractivity contribution < 1.29 is 13.2 Å². The molecule has 0 aromatic heterocycles. The van der Waals surface area contributed by atoms with Crippen LogP contribution in [0.3, 0.4) is 0 Å². The number of anilines is 1. The molecule has 1 fully saturated rings. The molecule has 0 aliphatic carbocycles. The Morgan fingerprint density at radius 2 is 2.05 bits per heavy atom. The maximum atomic E-state index is 12.4. The van der Waals surface area contributed by atoms with Gasteiger partial charge in [0.15, 0.2) is 0 Å². The van der Waals surface area contributed by atoms with Crippen molar-refractivity contribution in [1.82, 2.24) is 4.31 Å². The van der Waals surface area contributed by atoms with Gasteiger partial charge in [-0.15, -0.1) is 0 Å². The molecule has 6 heteroatoms. The van der Waals surface area contributed by atoms with Crippen molar-refractivity contribution in [3.63, 3.8) is 0 Å². The molecule has 0 spiro atoms. The molecular weight excluding hydrogens is 276 g/mol. The highest BCUT2D eigenvalue weighted by Gasteiger charge is 2.28. The lowest BCUT2D eigenvalue weighted by molar-refractivity contribution is 0.121. The molecule has 5 nitrogen and oxygen atoms in total. The minimum absolute atomic E-state index is 0.0208. The number of rotatable bonds is 5. The maximum absolute atomic E-state index is 12.4. The molecule has 0 bridgehead atoms. The quantitative estimate of drug-likeness (QED) is 0.835. The SMILES string of the molecule is COCC1CCN(S(=O)(=O)Cc2cccc(N)c2)CC1. The zero-order valence-corrected chi connectivity index (χ0v) is 12.6. The van der Waals surface area contributed by atoms with Crippen LogP contribution < -0.4 is 5.73 Å². The third-order valence-corrected chi connectivity index (χ3v) is 5.52. The summed E-state index contributed by atoms with van der Waals surface area (Å²) in [5.41, 5.74) is 7.02. The second-order valence-corrected chi connectivity index (χ2v) is 7.27. The lowest BCUT2D eigenvalue weighted by Crippen LogP contribution is -2.39. The number of nitrogen functional groups attached to an aromatic ring is 1. The smallest absolute Gasteiger partial charge is 0.218 e. The third-order valence-electron chi connectivity index (χ3n) is 3.67. The van der Waals surface area contributed by atoms with E-state index in [1.807, 2.05) is 0 Å². The van der Waals surface area contributed by atoms with Crippen LogP contribution >= 0.6 is 0 Å². The molecule has 0 radical (unpaired) electrons. The van der Waals surface area contributed by atoms with Crippen molar-refractivity contribution in [3.05, 3.63) is 29.8 Å². The number of benzene rings is 1. The first kappa shape index (κ1) is 15.3. The second kappa shape index (κ2) is 6.56. The molecule has 2 rings (SSSR count). The summed E-state index contributed by atoms with van der Waals surface area (Å²) >= 11 is 0. The summed E-state index contributed by atoms with van der Waals surface area (Å²) < 4.78 is 31.5. The molecule has 0 atom stereocenters. The maximum Gasteiger partial charge on any atom is 0.218 e. The number of ether oxygens (including phenoxy) is 1. The van der Waals surface area contributed by atoms with Crippen LogP contribution in [0.4, 0.5) is 5.69 Å². The van der Waals surface area contributed by atoms with Gasteiger partial charge in [0.1, 0.15) is 0 Å². The van der Waals surface area contributed by atoms with Crippen LogP contribution in [0.2, 0.25) is 0 Å². The lowest BCUT2D eigenvalue weighted by atomic mass is 9.99. The first-order valence-corrected chi connectivity index (χ1v) is 8.43. The number of methoxy groups -OCH3 is 1. The predicted octanol–water partition coefficient (Wildman–Crippen LogP) is 1.46. The summed E-state index contributed by atoms with van der Waals surface area (Å²) in [6, 6.07) is 7.05. The molecule has 20 heavy (non-hydrogen) atoms. The molecule has 2 N–H and O–H groups in total. The summed E-state index contributed by atoms with van der Waals surface area (Å²) in [6.45, 7) is 1.88. The molecule has 1 heterocycles. The first-order chi connectivity index (χ1) is 9.51. The van der Waals surface area contributed by atoms with Gasteiger partial charge in [-0.25, -0.2) is 12.7 Å². The van der Waals surface area contributed by atoms with E-state index in [9.17, 15) is 8.42 Å². The van der Waals surface area contributed by atoms with E-state index in [0.717, 1.165) is 18.4 Å². The van der Waals surface area contributed by atoms with Crippen LogP contribution in [0.5, 0.6) is 0 Å². The lowest BCUT2D eigenvalue weighted by Gasteiger charge is -2.30. The van der Waals surface area contributed by atoms with Gasteiger partial charge in [-0.1, -0.05) is 12.1 Å². The highest BCUT2D eigenvalue weighted by molar-refractivity contribution is 7.88. The number of nitrogens with zero attached hydrogens (tertiary/aromatic N) is 1. The topological polar surface area (TPSA) is 72.6 Å². The van der Waals surface area contributed by atoms with Crippen LogP contribution in [-0.4, -0.2) is 39.5 Å². The Hall–Kier alpha value is -1.11. The summed E-state index contributed by atoms with van der Waals surface area (Å²) in [5.74, 6) is 0.492. The monoisotopic (exact) mass is 298 g/mol. The molecule has 1 aromatic rings. The third kappa shape index (κ3) is 3.94. The molecule has 1 saturated heterocycles. The molecule has 0 amide bonds. The van der Waals surface area contributed by atoms with Gasteiger partial charge in [-0.05, 0) is 36.5 Å². The van der Waals surface area contributed by atoms with Gasteiger partial charge < -0.3 is 10.5 Å². The Bertz CT molecular complexity index is 537. The minimum atomic E-state index is -3.25. The van der Waals surface area contributed by atoms with Gasteiger partial charge in [-0.2, -0.15) is 0 Å². The molecule has 112 valence electrons. The van der Waals surface area contributed by atoms with E-state index < -0.39 is 10.0 Å². The Labute approximate surface area is 120 Å². The number of hydrogen-bond donors (Lipinski definition) is 1. The fraction of sp³-hybridized carbons (Fsp3) is 0.571. The number of hydrogen-bond acceptors (Lipinski definition) is 4. The van der Waals surface area contributed by atoms with E-state index in [0.29, 0.717) is 31.3 Å². The van der Waals surface area contributed by atoms with Crippen molar-refractivity contribution >= 4 is 15.7 Å². The zero-order chi connectivity index (χ0) is 14.6. The Morgan fingerprint density at radius 3 is 2.65 bits per heavy atom. The summed E-state index contributed by atoms with van der Waals surface area (Å²) in [6.07, 6.45) is 1.73. The van der Waals surface area contributed by atoms with Crippen molar-refractivity contribution in [3.8, 4) is 0 Å². The Balaban J connectivity index is 1.98. The summed E-state index contributed by atoms with van der Waals surface area (Å²) in [7, 11) is -1.57. The van der Waals surface area contributed by atoms with Gasteiger partial charge in [0.2, 0.25) is 10.0 Å². The largest absolute Gasteiger partial charge is 0.399 e. The van der Waals surface area contributed by atoms with E-state index in [-0.39, 0.29) is 5.75 Å². The van der Waals surface area contributed by atoms with Gasteiger partial charge in [0, 0.05) is 32.5 Å². The first-order valence-electron chi connectivity index (χ1n) is 6.82. The molecular formula is C14H22N2O3S. The van der Waals surface area contributed by atoms with Crippen LogP contribution in [-0.2, 0) is 20.5 Å². The molecule has 1 aliphatic rings. The molecule has 0 saturated carbocycles. The standard InChI is InChI=1S/C14H22N2O3S/c1-19-10-12-5-7-16(8-6-12)20(17,18)11-13-3-2-4-14(15)9-13/h2-4,9,12H,5-8,10-11,15H2,1H3. The van der Waals surface area contributed by atoms with E-state index in [4.69, 9.17) is 10.5 Å². The average Bonchev–Trinajstić information content (AvgIpc) is 2.39. The van der Waals surface area contributed by atoms with Crippen molar-refractivity contribution in [2.75, 3.05) is 32.5 Å². The fourth-order valence-electron chi connectivity index (χ4n) is 2.57. The molecule has 1 aliphatic heterocycles. The van der Waals surface area contributed by atoms with E-state index in [1.54, 1.807) is 35.7 Å². The highest BCUT2D eigenvalue weighted by Crippen LogP contribution is 2.22. The van der Waals surface area contributed by atoms with Gasteiger partial charge in [0.25, 0.3) is 0 Å². The predicted molar refractivity (Wildman–Crippen MR) is 79.7 cm³/mol. The molecule has 1 aromatic carbocycles. The summed E-state index contributed by atoms with van der Waals surface area (Å²) in [5, 5.41) is 0. The number of sulfonamides is 1. The van der Waals surface area contributed by atoms with Gasteiger partial charge in [-0.3, -0.25) is 0 Å². The van der Waals surface area contributed by atoms with Crippen LogP contribution in [0.25, 0.3) is 0 Å². The normalized spacial score (nSPS) is 18.2. The van der Waals surface area contributed by atoms with Crippen molar-refractivity contribution in [1.29, 1.82) is 0 Å². The second-order valence-electron chi connectivity index (χ2n) is 5.30. The molecule has 0 unspecified atom stereocenters. The average molecular weight is 298 g/mol. The van der Waals surface area contributed by atoms with Crippen molar-refractivity contribution in [2.45, 2.75) is 18.6 Å². The fourth-order valence-corrected chi connectivity index (χ4v) is 4.13. The van der Waals surface area contributed by atoms with Crippen LogP contribution in [0.15, 0.2) is 24.3 Å². The zero-order valence-electron chi connectivity index (χ0n) is 11.8. The van der Waals surface area contributed by atoms with Crippen molar-refractivity contribution in [2.24, 2.45) is 5.92 Å². The van der Waals surface area contributed by atoms with Gasteiger partial charge >= 0.3 is 0 Å². The van der Waals surface area contributed by atoms with Crippen LogP contribution in [0, 0.1) is 5.92 Å². The van der Waals surface area contributed by atoms with E-state index >= 15 is 0 Å². The highest BCUT2D eigenvalue weighted by atomic mass is 32.2. The van der Waals surface area contributed by atoms with E-state index in [2.05, 4.69) is 0 Å². The van der Waals surface area contributed by atoms with Crippen LogP contribution in [0.1, 0.15) is 18.4 Å². The summed E-state index contributed by atoms with van der Waals surface area (Å²) in [4.78, 5) is 0. The minimum Gasteiger partial charge on any atom is -0.399 e. The Kier molecular flexibility index (Phi) is 5.01. The van der Waals surface area contributed by atoms with Gasteiger partial charge in [0.05, 0.1) is 5.75 Å². The van der Waals surface area contributed by atoms with E-state index in [1.165, 1.54) is 0 Å². The number of nitrogens with two attached hydrogens (primary N) is 1. The number of piperidine rings is 1. The Morgan fingerprint density at radius 1 is 1.35 bits per heavy atom.